The highest BCUT2D eigenvalue weighted by molar-refractivity contribution is 5.71. The lowest BCUT2D eigenvalue weighted by molar-refractivity contribution is -0.167. The summed E-state index contributed by atoms with van der Waals surface area (Å²) in [6.45, 7) is 13.8. The zero-order valence-corrected chi connectivity index (χ0v) is 44.8. The number of hydrogen-bond donors (Lipinski definition) is 0. The average molecular weight is 920 g/mol. The minimum atomic E-state index is -0.764. The molecule has 1 unspecified atom stereocenters. The van der Waals surface area contributed by atoms with Crippen molar-refractivity contribution in [2.24, 2.45) is 17.8 Å². The third kappa shape index (κ3) is 51.6. The summed E-state index contributed by atoms with van der Waals surface area (Å²) in [5.74, 6) is 1.70. The van der Waals surface area contributed by atoms with Crippen LogP contribution in [-0.2, 0) is 28.6 Å². The van der Waals surface area contributed by atoms with Crippen molar-refractivity contribution in [2.45, 2.75) is 330 Å². The van der Waals surface area contributed by atoms with E-state index in [4.69, 9.17) is 14.2 Å². The van der Waals surface area contributed by atoms with Gasteiger partial charge in [-0.3, -0.25) is 14.4 Å². The first-order valence-electron chi connectivity index (χ1n) is 29.1. The lowest BCUT2D eigenvalue weighted by Gasteiger charge is -2.18. The first-order valence-corrected chi connectivity index (χ1v) is 29.1. The standard InChI is InChI=1S/C59H114O6/c1-7-55(6)47-41-35-29-23-19-20-25-31-37-43-49-58(61)64-52-56(51-63-57(60)48-42-36-30-24-18-14-16-22-28-34-40-46-54(4)5)65-59(62)50-44-38-32-26-17-13-11-9-8-10-12-15-21-27-33-39-45-53(2)3/h53-56H,7-52H2,1-6H3/t55?,56-/m0/s1. The van der Waals surface area contributed by atoms with Crippen molar-refractivity contribution in [1.29, 1.82) is 0 Å². The van der Waals surface area contributed by atoms with Crippen LogP contribution in [-0.4, -0.2) is 37.2 Å². The van der Waals surface area contributed by atoms with E-state index >= 15 is 0 Å². The molecule has 65 heavy (non-hydrogen) atoms. The molecular weight excluding hydrogens is 805 g/mol. The van der Waals surface area contributed by atoms with E-state index in [2.05, 4.69) is 41.5 Å². The molecule has 0 fully saturated rings. The number of carbonyl (C=O) groups excluding carboxylic acids is 3. The van der Waals surface area contributed by atoms with Gasteiger partial charge >= 0.3 is 17.9 Å². The van der Waals surface area contributed by atoms with Gasteiger partial charge in [0.05, 0.1) is 0 Å². The Bertz CT molecular complexity index is 1010. The molecule has 0 radical (unpaired) electrons. The molecule has 0 aliphatic carbocycles. The summed E-state index contributed by atoms with van der Waals surface area (Å²) in [4.78, 5) is 38.1. The highest BCUT2D eigenvalue weighted by Gasteiger charge is 2.19. The number of hydrogen-bond acceptors (Lipinski definition) is 6. The topological polar surface area (TPSA) is 78.9 Å². The highest BCUT2D eigenvalue weighted by atomic mass is 16.6. The Morgan fingerprint density at radius 2 is 0.538 bits per heavy atom. The first kappa shape index (κ1) is 63.4. The Balaban J connectivity index is 4.30. The van der Waals surface area contributed by atoms with Gasteiger partial charge in [0.25, 0.3) is 0 Å². The van der Waals surface area contributed by atoms with Crippen LogP contribution in [0.5, 0.6) is 0 Å². The molecular formula is C59H114O6. The van der Waals surface area contributed by atoms with Gasteiger partial charge in [-0.1, -0.05) is 286 Å². The van der Waals surface area contributed by atoms with Crippen molar-refractivity contribution < 1.29 is 28.6 Å². The summed E-state index contributed by atoms with van der Waals surface area (Å²) in [6.07, 6.45) is 52.3. The molecule has 0 heterocycles. The third-order valence-corrected chi connectivity index (χ3v) is 13.8. The summed E-state index contributed by atoms with van der Waals surface area (Å²) in [5, 5.41) is 0. The molecule has 0 aromatic carbocycles. The smallest absolute Gasteiger partial charge is 0.306 e. The summed E-state index contributed by atoms with van der Waals surface area (Å²) in [6, 6.07) is 0. The Hall–Kier alpha value is -1.59. The van der Waals surface area contributed by atoms with Gasteiger partial charge < -0.3 is 14.2 Å². The SMILES string of the molecule is CCC(C)CCCCCCCCCCCCC(=O)OC[C@H](COC(=O)CCCCCCCCCCCCCC(C)C)OC(=O)CCCCCCCCCCCCCCCCCCC(C)C. The van der Waals surface area contributed by atoms with Gasteiger partial charge in [-0.2, -0.15) is 0 Å². The molecule has 0 N–H and O–H groups in total. The fraction of sp³-hybridized carbons (Fsp3) is 0.949. The zero-order valence-electron chi connectivity index (χ0n) is 44.8. The molecule has 0 amide bonds. The Kier molecular flexibility index (Phi) is 49.1. The Labute approximate surface area is 406 Å². The Morgan fingerprint density at radius 3 is 0.800 bits per heavy atom. The van der Waals surface area contributed by atoms with Crippen molar-refractivity contribution in [3.8, 4) is 0 Å². The molecule has 0 aromatic rings. The number of ether oxygens (including phenoxy) is 3. The van der Waals surface area contributed by atoms with Crippen LogP contribution in [0.2, 0.25) is 0 Å². The van der Waals surface area contributed by atoms with Crippen LogP contribution in [0.3, 0.4) is 0 Å². The zero-order chi connectivity index (χ0) is 47.7. The van der Waals surface area contributed by atoms with Crippen LogP contribution in [0.4, 0.5) is 0 Å². The first-order chi connectivity index (χ1) is 31.6. The van der Waals surface area contributed by atoms with Crippen LogP contribution in [0.15, 0.2) is 0 Å². The van der Waals surface area contributed by atoms with Crippen LogP contribution in [0, 0.1) is 17.8 Å². The van der Waals surface area contributed by atoms with Gasteiger partial charge in [0.2, 0.25) is 0 Å². The lowest BCUT2D eigenvalue weighted by atomic mass is 9.99. The summed E-state index contributed by atoms with van der Waals surface area (Å²) >= 11 is 0. The normalized spacial score (nSPS) is 12.6. The van der Waals surface area contributed by atoms with E-state index in [0.29, 0.717) is 19.3 Å². The number of unbranched alkanes of at least 4 members (excludes halogenated alkanes) is 34. The summed E-state index contributed by atoms with van der Waals surface area (Å²) in [5.41, 5.74) is 0. The van der Waals surface area contributed by atoms with E-state index in [1.54, 1.807) is 0 Å². The molecule has 0 aromatic heterocycles. The third-order valence-electron chi connectivity index (χ3n) is 13.8. The van der Waals surface area contributed by atoms with E-state index in [1.807, 2.05) is 0 Å². The molecule has 6 heteroatoms. The molecule has 6 nitrogen and oxygen atoms in total. The van der Waals surface area contributed by atoms with Gasteiger partial charge in [-0.25, -0.2) is 0 Å². The second kappa shape index (κ2) is 50.3. The van der Waals surface area contributed by atoms with Crippen LogP contribution < -0.4 is 0 Å². The minimum Gasteiger partial charge on any atom is -0.462 e. The van der Waals surface area contributed by atoms with Crippen molar-refractivity contribution in [2.75, 3.05) is 13.2 Å². The van der Waals surface area contributed by atoms with Crippen molar-refractivity contribution >= 4 is 17.9 Å². The molecule has 0 aliphatic rings. The predicted molar refractivity (Wildman–Crippen MR) is 279 cm³/mol. The number of rotatable bonds is 52. The maximum Gasteiger partial charge on any atom is 0.306 e. The predicted octanol–water partition coefficient (Wildman–Crippen LogP) is 19.1. The van der Waals surface area contributed by atoms with Gasteiger partial charge in [-0.05, 0) is 37.0 Å². The second-order valence-electron chi connectivity index (χ2n) is 21.5. The number of carbonyl (C=O) groups is 3. The van der Waals surface area contributed by atoms with E-state index in [-0.39, 0.29) is 31.1 Å². The average Bonchev–Trinajstić information content (AvgIpc) is 3.28. The van der Waals surface area contributed by atoms with Crippen molar-refractivity contribution in [1.82, 2.24) is 0 Å². The maximum absolute atomic E-state index is 12.9. The van der Waals surface area contributed by atoms with E-state index in [0.717, 1.165) is 75.5 Å². The molecule has 0 rings (SSSR count). The minimum absolute atomic E-state index is 0.0637. The fourth-order valence-corrected chi connectivity index (χ4v) is 8.97. The molecule has 0 saturated carbocycles. The molecule has 0 bridgehead atoms. The van der Waals surface area contributed by atoms with Crippen molar-refractivity contribution in [3.63, 3.8) is 0 Å². The maximum atomic E-state index is 12.9. The monoisotopic (exact) mass is 919 g/mol. The largest absolute Gasteiger partial charge is 0.462 e. The van der Waals surface area contributed by atoms with Gasteiger partial charge in [-0.15, -0.1) is 0 Å². The molecule has 0 spiro atoms. The second-order valence-corrected chi connectivity index (χ2v) is 21.5. The molecule has 386 valence electrons. The summed E-state index contributed by atoms with van der Waals surface area (Å²) < 4.78 is 16.9. The van der Waals surface area contributed by atoms with Gasteiger partial charge in [0.15, 0.2) is 6.10 Å². The van der Waals surface area contributed by atoms with Crippen LogP contribution >= 0.6 is 0 Å². The molecule has 2 atom stereocenters. The van der Waals surface area contributed by atoms with Crippen molar-refractivity contribution in [3.05, 3.63) is 0 Å². The highest BCUT2D eigenvalue weighted by Crippen LogP contribution is 2.19. The Morgan fingerprint density at radius 1 is 0.308 bits per heavy atom. The van der Waals surface area contributed by atoms with E-state index in [9.17, 15) is 14.4 Å². The number of esters is 3. The molecule has 0 aliphatic heterocycles. The van der Waals surface area contributed by atoms with Crippen LogP contribution in [0.1, 0.15) is 324 Å². The van der Waals surface area contributed by atoms with E-state index < -0.39 is 6.10 Å². The van der Waals surface area contributed by atoms with Crippen LogP contribution in [0.25, 0.3) is 0 Å². The quantitative estimate of drug-likeness (QED) is 0.0344. The molecule has 0 saturated heterocycles. The lowest BCUT2D eigenvalue weighted by Crippen LogP contribution is -2.30. The van der Waals surface area contributed by atoms with E-state index in [1.165, 1.54) is 205 Å². The van der Waals surface area contributed by atoms with Gasteiger partial charge in [0.1, 0.15) is 13.2 Å². The van der Waals surface area contributed by atoms with Gasteiger partial charge in [0, 0.05) is 19.3 Å². The fourth-order valence-electron chi connectivity index (χ4n) is 8.97. The summed E-state index contributed by atoms with van der Waals surface area (Å²) in [7, 11) is 0.